The fourth-order valence-electron chi connectivity index (χ4n) is 2.83. The molecule has 0 saturated heterocycles. The molecule has 0 bridgehead atoms. The molecule has 4 nitrogen and oxygen atoms in total. The highest BCUT2D eigenvalue weighted by Crippen LogP contribution is 2.34. The van der Waals surface area contributed by atoms with Crippen LogP contribution in [-0.4, -0.2) is 18.4 Å². The van der Waals surface area contributed by atoms with Crippen molar-refractivity contribution < 1.29 is 12.8 Å². The van der Waals surface area contributed by atoms with E-state index in [-0.39, 0.29) is 16.6 Å². The quantitative estimate of drug-likeness (QED) is 0.734. The topological polar surface area (TPSA) is 59.9 Å². The maximum Gasteiger partial charge on any atom is 0.172 e. The van der Waals surface area contributed by atoms with Crippen molar-refractivity contribution >= 4 is 21.5 Å². The summed E-state index contributed by atoms with van der Waals surface area (Å²) in [6.07, 6.45) is 0. The number of hydrogen-bond donors (Lipinski definition) is 1. The van der Waals surface area contributed by atoms with Crippen LogP contribution in [0.2, 0.25) is 0 Å². The minimum atomic E-state index is -2.89. The van der Waals surface area contributed by atoms with Gasteiger partial charge >= 0.3 is 0 Å². The molecule has 0 unspecified atom stereocenters. The monoisotopic (exact) mass is 344 g/mol. The average Bonchev–Trinajstić information content (AvgIpc) is 2.54. The zero-order valence-corrected chi connectivity index (χ0v) is 14.5. The van der Waals surface area contributed by atoms with Crippen LogP contribution in [0.5, 0.6) is 0 Å². The van der Waals surface area contributed by atoms with Crippen molar-refractivity contribution in [1.29, 1.82) is 0 Å². The summed E-state index contributed by atoms with van der Waals surface area (Å²) in [5.41, 5.74) is 1.41. The van der Waals surface area contributed by atoms with Crippen molar-refractivity contribution in [3.8, 4) is 11.3 Å². The van der Waals surface area contributed by atoms with Crippen molar-refractivity contribution in [2.45, 2.75) is 31.6 Å². The number of aromatic nitrogens is 2. The molecule has 0 fully saturated rings. The molecule has 24 heavy (non-hydrogen) atoms. The first kappa shape index (κ1) is 16.5. The van der Waals surface area contributed by atoms with Gasteiger partial charge in [0.25, 0.3) is 0 Å². The molecule has 2 aromatic carbocycles. The smallest absolute Gasteiger partial charge is 0.172 e. The Morgan fingerprint density at radius 2 is 1.67 bits per heavy atom. The molecule has 0 N–H and O–H groups in total. The number of hydrogen-bond acceptors (Lipinski definition) is 4. The predicted molar refractivity (Wildman–Crippen MR) is 92.3 cm³/mol. The molecule has 0 spiro atoms. The largest absolute Gasteiger partial charge is 0.237 e. The van der Waals surface area contributed by atoms with E-state index >= 15 is 0 Å². The Labute approximate surface area is 141 Å². The van der Waals surface area contributed by atoms with E-state index in [0.717, 1.165) is 0 Å². The van der Waals surface area contributed by atoms with E-state index in [1.165, 1.54) is 6.07 Å². The Bertz CT molecular complexity index is 1010. The van der Waals surface area contributed by atoms with E-state index in [2.05, 4.69) is 9.97 Å². The highest BCUT2D eigenvalue weighted by Gasteiger charge is 2.21. The van der Waals surface area contributed by atoms with Crippen LogP contribution >= 0.6 is 0 Å². The fourth-order valence-corrected chi connectivity index (χ4v) is 3.67. The maximum atomic E-state index is 14.1. The Balaban J connectivity index is 2.45. The van der Waals surface area contributed by atoms with Gasteiger partial charge in [-0.15, -0.1) is 0 Å². The number of benzene rings is 2. The third-order valence-corrected chi connectivity index (χ3v) is 4.68. The van der Waals surface area contributed by atoms with Gasteiger partial charge in [-0.25, -0.2) is 22.8 Å². The van der Waals surface area contributed by atoms with Gasteiger partial charge in [0.15, 0.2) is 10.7 Å². The van der Waals surface area contributed by atoms with Crippen LogP contribution in [0.3, 0.4) is 0 Å². The zero-order valence-electron chi connectivity index (χ0n) is 13.6. The molecule has 0 saturated carbocycles. The lowest BCUT2D eigenvalue weighted by Crippen LogP contribution is -2.06. The first-order chi connectivity index (χ1) is 11.4. The summed E-state index contributed by atoms with van der Waals surface area (Å²) in [6.45, 7) is 5.50. The molecule has 1 aromatic heterocycles. The van der Waals surface area contributed by atoms with Gasteiger partial charge < -0.3 is 0 Å². The van der Waals surface area contributed by atoms with Crippen molar-refractivity contribution in [2.75, 3.05) is 0 Å². The van der Waals surface area contributed by atoms with Gasteiger partial charge in [-0.05, 0) is 30.4 Å². The van der Waals surface area contributed by atoms with Gasteiger partial charge in [-0.1, -0.05) is 38.1 Å². The third-order valence-electron chi connectivity index (χ3n) is 3.88. The minimum Gasteiger partial charge on any atom is -0.237 e. The summed E-state index contributed by atoms with van der Waals surface area (Å²) in [7, 11) is -2.89. The summed E-state index contributed by atoms with van der Waals surface area (Å²) in [4.78, 5) is 8.79. The number of aryl methyl sites for hydroxylation is 1. The van der Waals surface area contributed by atoms with Crippen molar-refractivity contribution in [3.63, 3.8) is 0 Å². The summed E-state index contributed by atoms with van der Waals surface area (Å²) < 4.78 is 37.9. The highest BCUT2D eigenvalue weighted by atomic mass is 32.2. The molecule has 0 aliphatic rings. The number of thiol groups is 1. The normalized spacial score (nSPS) is 11.6. The van der Waals surface area contributed by atoms with Crippen molar-refractivity contribution in [3.05, 3.63) is 53.7 Å². The lowest BCUT2D eigenvalue weighted by atomic mass is 9.99. The lowest BCUT2D eigenvalue weighted by molar-refractivity contribution is 0.610. The van der Waals surface area contributed by atoms with Crippen LogP contribution in [0.25, 0.3) is 22.0 Å². The molecule has 1 heterocycles. The molecular weight excluding hydrogens is 327 g/mol. The fraction of sp³-hybridized carbons (Fsp3) is 0.222. The van der Waals surface area contributed by atoms with Crippen LogP contribution in [0.1, 0.15) is 31.3 Å². The molecule has 124 valence electrons. The van der Waals surface area contributed by atoms with Gasteiger partial charge in [-0.3, -0.25) is 0 Å². The molecule has 0 aliphatic heterocycles. The lowest BCUT2D eigenvalue weighted by Gasteiger charge is -2.14. The molecule has 0 radical (unpaired) electrons. The molecule has 0 aliphatic carbocycles. The first-order valence-electron chi connectivity index (χ1n) is 7.60. The van der Waals surface area contributed by atoms with Crippen molar-refractivity contribution in [1.82, 2.24) is 9.97 Å². The number of rotatable bonds is 3. The Morgan fingerprint density at radius 1 is 1.00 bits per heavy atom. The van der Waals surface area contributed by atoms with Crippen LogP contribution < -0.4 is 0 Å². The second kappa shape index (κ2) is 6.28. The molecular formula is C18H17FN2O2S. The highest BCUT2D eigenvalue weighted by molar-refractivity contribution is 7.72. The summed E-state index contributed by atoms with van der Waals surface area (Å²) in [6, 6.07) is 9.89. The summed E-state index contributed by atoms with van der Waals surface area (Å²) in [5.74, 6) is 0.0695. The van der Waals surface area contributed by atoms with Gasteiger partial charge in [0.1, 0.15) is 16.5 Å². The Kier molecular flexibility index (Phi) is 4.32. The van der Waals surface area contributed by atoms with Crippen LogP contribution in [-0.2, 0) is 10.7 Å². The van der Waals surface area contributed by atoms with E-state index in [4.69, 9.17) is 0 Å². The van der Waals surface area contributed by atoms with E-state index in [1.807, 2.05) is 13.8 Å². The first-order valence-corrected chi connectivity index (χ1v) is 8.78. The van der Waals surface area contributed by atoms with Crippen molar-refractivity contribution in [2.24, 2.45) is 0 Å². The van der Waals surface area contributed by atoms with Crippen LogP contribution in [0.15, 0.2) is 41.3 Å². The number of fused-ring (bicyclic) bond motifs is 1. The summed E-state index contributed by atoms with van der Waals surface area (Å²) >= 11 is 0. The SMILES string of the molecule is Cc1nc(-c2ccc(F)c3ccccc23)c([SH](=O)=O)c(C(C)C)n1. The van der Waals surface area contributed by atoms with E-state index in [9.17, 15) is 12.8 Å². The predicted octanol–water partition coefficient (Wildman–Crippen LogP) is 3.84. The molecule has 6 heteroatoms. The van der Waals surface area contributed by atoms with Gasteiger partial charge in [0, 0.05) is 10.9 Å². The Hall–Kier alpha value is -2.34. The standard InChI is InChI=1S/C18H17FN2O2S/c1-10(2)16-18(24(22)23)17(21-11(3)20-16)14-8-9-15(19)13-7-5-4-6-12(13)14/h4-10,24H,1-3H3. The van der Waals surface area contributed by atoms with Gasteiger partial charge in [0.05, 0.1) is 11.4 Å². The molecule has 3 rings (SSSR count). The zero-order chi connectivity index (χ0) is 17.4. The molecule has 3 aromatic rings. The molecule has 0 atom stereocenters. The van der Waals surface area contributed by atoms with Crippen LogP contribution in [0, 0.1) is 12.7 Å². The van der Waals surface area contributed by atoms with E-state index in [1.54, 1.807) is 37.3 Å². The van der Waals surface area contributed by atoms with E-state index < -0.39 is 10.7 Å². The second-order valence-electron chi connectivity index (χ2n) is 5.91. The van der Waals surface area contributed by atoms with E-state index in [0.29, 0.717) is 33.5 Å². The second-order valence-corrected chi connectivity index (χ2v) is 6.87. The van der Waals surface area contributed by atoms with Crippen LogP contribution in [0.4, 0.5) is 4.39 Å². The third kappa shape index (κ3) is 2.78. The minimum absolute atomic E-state index is 0.0694. The van der Waals surface area contributed by atoms with Gasteiger partial charge in [-0.2, -0.15) is 0 Å². The summed E-state index contributed by atoms with van der Waals surface area (Å²) in [5, 5.41) is 1.06. The average molecular weight is 344 g/mol. The Morgan fingerprint density at radius 3 is 2.29 bits per heavy atom. The maximum absolute atomic E-state index is 14.1. The van der Waals surface area contributed by atoms with Gasteiger partial charge in [0.2, 0.25) is 0 Å². The number of nitrogens with zero attached hydrogens (tertiary/aromatic N) is 2. The molecule has 0 amide bonds. The number of halogens is 1.